The minimum atomic E-state index is -0.00727. The van der Waals surface area contributed by atoms with Gasteiger partial charge in [0.05, 0.1) is 21.4 Å². The zero-order valence-corrected chi connectivity index (χ0v) is 23.0. The lowest BCUT2D eigenvalue weighted by molar-refractivity contribution is 0.346. The van der Waals surface area contributed by atoms with Crippen LogP contribution in [0.2, 0.25) is 0 Å². The molecule has 0 amide bonds. The van der Waals surface area contributed by atoms with Crippen LogP contribution in [0.15, 0.2) is 12.1 Å². The van der Waals surface area contributed by atoms with E-state index in [1.54, 1.807) is 14.2 Å². The molecule has 2 aromatic rings. The van der Waals surface area contributed by atoms with Crippen molar-refractivity contribution in [3.63, 3.8) is 0 Å². The van der Waals surface area contributed by atoms with Gasteiger partial charge in [0.1, 0.15) is 11.5 Å². The van der Waals surface area contributed by atoms with Crippen LogP contribution >= 0.6 is 45.2 Å². The van der Waals surface area contributed by atoms with Crippen molar-refractivity contribution < 1.29 is 9.47 Å². The average Bonchev–Trinajstić information content (AvgIpc) is 2.94. The lowest BCUT2D eigenvalue weighted by atomic mass is 9.72. The third-order valence-electron chi connectivity index (χ3n) is 7.13. The Hall–Kier alpha value is -0.500. The molecule has 0 atom stereocenters. The van der Waals surface area contributed by atoms with Crippen molar-refractivity contribution in [2.45, 2.75) is 70.6 Å². The van der Waals surface area contributed by atoms with Gasteiger partial charge >= 0.3 is 0 Å². The number of ether oxygens (including phenoxy) is 2. The molecule has 0 N–H and O–H groups in total. The molecule has 0 fully saturated rings. The zero-order valence-electron chi connectivity index (χ0n) is 18.6. The van der Waals surface area contributed by atoms with E-state index in [0.717, 1.165) is 24.3 Å². The molecular formula is C25H30I2O2. The van der Waals surface area contributed by atoms with Gasteiger partial charge in [0.15, 0.2) is 0 Å². The molecule has 0 aromatic heterocycles. The van der Waals surface area contributed by atoms with Gasteiger partial charge in [0.25, 0.3) is 0 Å². The monoisotopic (exact) mass is 616 g/mol. The second-order valence-electron chi connectivity index (χ2n) is 10.1. The summed E-state index contributed by atoms with van der Waals surface area (Å²) in [4.78, 5) is 0. The minimum Gasteiger partial charge on any atom is -0.495 e. The highest BCUT2D eigenvalue weighted by atomic mass is 127. The molecule has 0 bridgehead atoms. The number of aryl methyl sites for hydroxylation is 2. The Morgan fingerprint density at radius 2 is 1.07 bits per heavy atom. The predicted molar refractivity (Wildman–Crippen MR) is 137 cm³/mol. The fourth-order valence-electron chi connectivity index (χ4n) is 6.26. The largest absolute Gasteiger partial charge is 0.495 e. The van der Waals surface area contributed by atoms with Crippen LogP contribution in [-0.4, -0.2) is 14.2 Å². The Balaban J connectivity index is 2.16. The van der Waals surface area contributed by atoms with Crippen LogP contribution in [0.25, 0.3) is 0 Å². The van der Waals surface area contributed by atoms with Gasteiger partial charge in [-0.1, -0.05) is 39.8 Å². The third-order valence-corrected chi connectivity index (χ3v) is 9.18. The summed E-state index contributed by atoms with van der Waals surface area (Å²) in [5.74, 6) is 2.06. The summed E-state index contributed by atoms with van der Waals surface area (Å²) < 4.78 is 14.3. The minimum absolute atomic E-state index is 0.00727. The van der Waals surface area contributed by atoms with Gasteiger partial charge in [-0.05, 0) is 116 Å². The molecule has 0 saturated heterocycles. The molecule has 29 heavy (non-hydrogen) atoms. The molecule has 2 nitrogen and oxygen atoms in total. The van der Waals surface area contributed by atoms with Crippen LogP contribution in [0.1, 0.15) is 73.9 Å². The highest BCUT2D eigenvalue weighted by Gasteiger charge is 2.58. The number of benzene rings is 2. The molecule has 0 heterocycles. The maximum atomic E-state index is 5.87. The first kappa shape index (κ1) is 21.7. The van der Waals surface area contributed by atoms with Crippen molar-refractivity contribution >= 4 is 45.2 Å². The highest BCUT2D eigenvalue weighted by molar-refractivity contribution is 14.1. The molecule has 0 radical (unpaired) electrons. The fourth-order valence-corrected chi connectivity index (χ4v) is 9.17. The van der Waals surface area contributed by atoms with Crippen LogP contribution in [0.5, 0.6) is 11.5 Å². The van der Waals surface area contributed by atoms with Crippen LogP contribution in [0, 0.1) is 21.0 Å². The molecule has 0 saturated carbocycles. The van der Waals surface area contributed by atoms with E-state index in [0.29, 0.717) is 0 Å². The Morgan fingerprint density at radius 1 is 0.724 bits per heavy atom. The summed E-state index contributed by atoms with van der Waals surface area (Å²) >= 11 is 5.07. The standard InChI is InChI=1S/C25H30I2O2/c1-13-9-15-17(19(26)21(13)28-7)25(11-23(15,3)4)12-24(5,6)16-10-14(2)22(29-8)20(27)18(16)25/h9-10H,11-12H2,1-8H3. The van der Waals surface area contributed by atoms with E-state index in [4.69, 9.17) is 9.47 Å². The maximum Gasteiger partial charge on any atom is 0.135 e. The third kappa shape index (κ3) is 2.83. The first-order valence-electron chi connectivity index (χ1n) is 10.2. The molecule has 1 spiro atoms. The summed E-state index contributed by atoms with van der Waals surface area (Å²) in [5, 5.41) is 0. The van der Waals surface area contributed by atoms with E-state index >= 15 is 0 Å². The van der Waals surface area contributed by atoms with Gasteiger partial charge in [0, 0.05) is 5.41 Å². The topological polar surface area (TPSA) is 18.5 Å². The summed E-state index contributed by atoms with van der Waals surface area (Å²) in [6.07, 6.45) is 2.24. The molecule has 156 valence electrons. The Labute approximate surface area is 202 Å². The smallest absolute Gasteiger partial charge is 0.135 e. The second kappa shape index (κ2) is 6.75. The normalized spacial score (nSPS) is 19.9. The molecular weight excluding hydrogens is 586 g/mol. The van der Waals surface area contributed by atoms with E-state index in [-0.39, 0.29) is 16.2 Å². The summed E-state index contributed by atoms with van der Waals surface area (Å²) in [6.45, 7) is 14.0. The molecule has 0 unspecified atom stereocenters. The Kier molecular flexibility index (Phi) is 5.05. The van der Waals surface area contributed by atoms with E-state index in [1.165, 1.54) is 40.5 Å². The fraction of sp³-hybridized carbons (Fsp3) is 0.520. The molecule has 4 heteroatoms. The predicted octanol–water partition coefficient (Wildman–Crippen LogP) is 7.18. The number of rotatable bonds is 2. The SMILES string of the molecule is COc1c(C)cc2c(c1I)C1(CC2(C)C)CC(C)(C)c2cc(C)c(OC)c(I)c21. The molecule has 4 rings (SSSR count). The first-order chi connectivity index (χ1) is 13.4. The average molecular weight is 616 g/mol. The van der Waals surface area contributed by atoms with Gasteiger partial charge in [0.2, 0.25) is 0 Å². The van der Waals surface area contributed by atoms with Gasteiger partial charge in [-0.2, -0.15) is 0 Å². The molecule has 0 aliphatic heterocycles. The van der Waals surface area contributed by atoms with Crippen molar-refractivity contribution in [2.75, 3.05) is 14.2 Å². The maximum absolute atomic E-state index is 5.87. The van der Waals surface area contributed by atoms with Gasteiger partial charge in [-0.3, -0.25) is 0 Å². The van der Waals surface area contributed by atoms with E-state index < -0.39 is 0 Å². The van der Waals surface area contributed by atoms with E-state index in [1.807, 2.05) is 0 Å². The summed E-state index contributed by atoms with van der Waals surface area (Å²) in [6, 6.07) is 4.77. The van der Waals surface area contributed by atoms with Gasteiger partial charge < -0.3 is 9.47 Å². The number of fused-ring (bicyclic) bond motifs is 4. The van der Waals surface area contributed by atoms with Crippen molar-refractivity contribution in [3.05, 3.63) is 52.7 Å². The van der Waals surface area contributed by atoms with Crippen molar-refractivity contribution in [1.82, 2.24) is 0 Å². The van der Waals surface area contributed by atoms with Crippen LogP contribution in [-0.2, 0) is 16.2 Å². The zero-order chi connectivity index (χ0) is 21.5. The highest BCUT2D eigenvalue weighted by Crippen LogP contribution is 2.66. The van der Waals surface area contributed by atoms with E-state index in [2.05, 4.69) is 98.9 Å². The van der Waals surface area contributed by atoms with Crippen LogP contribution < -0.4 is 9.47 Å². The second-order valence-corrected chi connectivity index (χ2v) is 12.3. The van der Waals surface area contributed by atoms with Crippen molar-refractivity contribution in [1.29, 1.82) is 0 Å². The van der Waals surface area contributed by atoms with Crippen LogP contribution in [0.4, 0.5) is 0 Å². The number of hydrogen-bond donors (Lipinski definition) is 0. The van der Waals surface area contributed by atoms with Crippen molar-refractivity contribution in [3.8, 4) is 11.5 Å². The number of hydrogen-bond acceptors (Lipinski definition) is 2. The molecule has 2 aromatic carbocycles. The van der Waals surface area contributed by atoms with Gasteiger partial charge in [-0.25, -0.2) is 0 Å². The lowest BCUT2D eigenvalue weighted by Crippen LogP contribution is -2.28. The summed E-state index contributed by atoms with van der Waals surface area (Å²) in [5.41, 5.74) is 8.63. The lowest BCUT2D eigenvalue weighted by Gasteiger charge is -2.32. The van der Waals surface area contributed by atoms with Gasteiger partial charge in [-0.15, -0.1) is 0 Å². The number of halogens is 2. The van der Waals surface area contributed by atoms with E-state index in [9.17, 15) is 0 Å². The number of methoxy groups -OCH3 is 2. The molecule has 2 aliphatic carbocycles. The van der Waals surface area contributed by atoms with Crippen molar-refractivity contribution in [2.24, 2.45) is 0 Å². The quantitative estimate of drug-likeness (QED) is 0.333. The first-order valence-corrected chi connectivity index (χ1v) is 12.3. The van der Waals surface area contributed by atoms with Crippen LogP contribution in [0.3, 0.4) is 0 Å². The molecule has 2 aliphatic rings. The Morgan fingerprint density at radius 3 is 1.38 bits per heavy atom. The Bertz CT molecular complexity index is 951. The summed E-state index contributed by atoms with van der Waals surface area (Å²) in [7, 11) is 3.60.